The number of rotatable bonds is 7. The topological polar surface area (TPSA) is 68.2 Å². The van der Waals surface area contributed by atoms with Crippen LogP contribution in [-0.4, -0.2) is 42.7 Å². The Morgan fingerprint density at radius 1 is 1.10 bits per heavy atom. The van der Waals surface area contributed by atoms with Crippen LogP contribution in [0.2, 0.25) is 0 Å². The second-order valence-corrected chi connectivity index (χ2v) is 8.05. The fourth-order valence-corrected chi connectivity index (χ4v) is 4.50. The summed E-state index contributed by atoms with van der Waals surface area (Å²) in [7, 11) is 1.70. The number of hydrogen-bond acceptors (Lipinski definition) is 5. The number of methoxy groups -OCH3 is 1. The molecule has 5 heteroatoms. The van der Waals surface area contributed by atoms with E-state index in [2.05, 4.69) is 18.2 Å². The minimum absolute atomic E-state index is 0.0598. The van der Waals surface area contributed by atoms with Crippen molar-refractivity contribution in [2.24, 2.45) is 0 Å². The zero-order valence-electron chi connectivity index (χ0n) is 17.1. The Hall–Kier alpha value is -2.08. The average molecular weight is 398 g/mol. The van der Waals surface area contributed by atoms with E-state index in [9.17, 15) is 10.2 Å². The highest BCUT2D eigenvalue weighted by Crippen LogP contribution is 2.56. The molecule has 0 spiro atoms. The van der Waals surface area contributed by atoms with Gasteiger partial charge < -0.3 is 24.4 Å². The van der Waals surface area contributed by atoms with E-state index in [1.54, 1.807) is 7.11 Å². The van der Waals surface area contributed by atoms with E-state index >= 15 is 0 Å². The van der Waals surface area contributed by atoms with Crippen molar-refractivity contribution >= 4 is 0 Å². The standard InChI is InChI=1S/C24H30O5/c1-3-28-19-7-5-17(6-8-19)24(10-11-24)21-12-16(4-9-22(21)27-2)23-14-18(26)13-20(15-25)29-23/h4-9,12,18,20,23,25-26H,3,10-11,13-15H2,1-2H3. The van der Waals surface area contributed by atoms with E-state index in [-0.39, 0.29) is 24.2 Å². The Labute approximate surface area is 172 Å². The molecule has 5 nitrogen and oxygen atoms in total. The van der Waals surface area contributed by atoms with Crippen LogP contribution < -0.4 is 9.47 Å². The molecular weight excluding hydrogens is 368 g/mol. The van der Waals surface area contributed by atoms with Gasteiger partial charge in [-0.15, -0.1) is 0 Å². The maximum absolute atomic E-state index is 10.2. The maximum Gasteiger partial charge on any atom is 0.122 e. The number of aliphatic hydroxyl groups is 2. The predicted octanol–water partition coefficient (Wildman–Crippen LogP) is 3.75. The molecule has 29 heavy (non-hydrogen) atoms. The molecule has 1 aliphatic carbocycles. The maximum atomic E-state index is 10.2. The lowest BCUT2D eigenvalue weighted by atomic mass is 9.85. The summed E-state index contributed by atoms with van der Waals surface area (Å²) in [5.41, 5.74) is 3.38. The van der Waals surface area contributed by atoms with Crippen molar-refractivity contribution in [3.63, 3.8) is 0 Å². The molecule has 1 saturated heterocycles. The summed E-state index contributed by atoms with van der Waals surface area (Å²) in [4.78, 5) is 0. The van der Waals surface area contributed by atoms with Crippen molar-refractivity contribution in [2.45, 2.75) is 56.3 Å². The third kappa shape index (κ3) is 4.00. The molecule has 2 aromatic carbocycles. The number of aliphatic hydroxyl groups excluding tert-OH is 2. The Balaban J connectivity index is 1.67. The quantitative estimate of drug-likeness (QED) is 0.744. The first-order valence-electron chi connectivity index (χ1n) is 10.5. The van der Waals surface area contributed by atoms with E-state index in [1.807, 2.05) is 31.2 Å². The highest BCUT2D eigenvalue weighted by atomic mass is 16.5. The second-order valence-electron chi connectivity index (χ2n) is 8.05. The summed E-state index contributed by atoms with van der Waals surface area (Å²) in [5, 5.41) is 19.7. The molecular formula is C24H30O5. The van der Waals surface area contributed by atoms with E-state index in [0.717, 1.165) is 35.5 Å². The third-order valence-corrected chi connectivity index (χ3v) is 6.16. The smallest absolute Gasteiger partial charge is 0.122 e. The molecule has 1 aliphatic heterocycles. The van der Waals surface area contributed by atoms with Crippen LogP contribution in [-0.2, 0) is 10.2 Å². The first-order chi connectivity index (χ1) is 14.1. The largest absolute Gasteiger partial charge is 0.496 e. The van der Waals surface area contributed by atoms with Crippen molar-refractivity contribution in [3.8, 4) is 11.5 Å². The Bertz CT molecular complexity index is 828. The molecule has 0 bridgehead atoms. The molecule has 2 fully saturated rings. The van der Waals surface area contributed by atoms with Crippen molar-refractivity contribution < 1.29 is 24.4 Å². The van der Waals surface area contributed by atoms with Gasteiger partial charge in [0.05, 0.1) is 38.6 Å². The molecule has 4 rings (SSSR count). The number of benzene rings is 2. The first-order valence-corrected chi connectivity index (χ1v) is 10.5. The Morgan fingerprint density at radius 2 is 1.86 bits per heavy atom. The van der Waals surface area contributed by atoms with Gasteiger partial charge in [0.2, 0.25) is 0 Å². The summed E-state index contributed by atoms with van der Waals surface area (Å²) in [6.45, 7) is 2.56. The molecule has 2 aromatic rings. The molecule has 1 heterocycles. The van der Waals surface area contributed by atoms with E-state index in [0.29, 0.717) is 19.4 Å². The highest BCUT2D eigenvalue weighted by molar-refractivity contribution is 5.53. The summed E-state index contributed by atoms with van der Waals surface area (Å²) < 4.78 is 17.3. The van der Waals surface area contributed by atoms with Gasteiger partial charge in [0.1, 0.15) is 11.5 Å². The van der Waals surface area contributed by atoms with Gasteiger partial charge in [0, 0.05) is 23.8 Å². The first kappa shape index (κ1) is 20.2. The minimum Gasteiger partial charge on any atom is -0.496 e. The average Bonchev–Trinajstić information content (AvgIpc) is 3.55. The van der Waals surface area contributed by atoms with Gasteiger partial charge in [0.25, 0.3) is 0 Å². The van der Waals surface area contributed by atoms with Gasteiger partial charge in [-0.25, -0.2) is 0 Å². The molecule has 1 saturated carbocycles. The van der Waals surface area contributed by atoms with Gasteiger partial charge in [-0.1, -0.05) is 18.2 Å². The molecule has 156 valence electrons. The monoisotopic (exact) mass is 398 g/mol. The van der Waals surface area contributed by atoms with Gasteiger partial charge in [0.15, 0.2) is 0 Å². The predicted molar refractivity (Wildman–Crippen MR) is 111 cm³/mol. The van der Waals surface area contributed by atoms with Crippen LogP contribution >= 0.6 is 0 Å². The lowest BCUT2D eigenvalue weighted by Crippen LogP contribution is -2.33. The van der Waals surface area contributed by atoms with Crippen LogP contribution in [0.4, 0.5) is 0 Å². The fourth-order valence-electron chi connectivity index (χ4n) is 4.50. The summed E-state index contributed by atoms with van der Waals surface area (Å²) in [6, 6.07) is 14.5. The van der Waals surface area contributed by atoms with E-state index in [4.69, 9.17) is 14.2 Å². The zero-order chi connectivity index (χ0) is 20.4. The van der Waals surface area contributed by atoms with E-state index < -0.39 is 6.10 Å². The second kappa shape index (κ2) is 8.34. The Kier molecular flexibility index (Phi) is 5.81. The lowest BCUT2D eigenvalue weighted by molar-refractivity contribution is -0.113. The molecule has 0 radical (unpaired) electrons. The van der Waals surface area contributed by atoms with Crippen LogP contribution in [0.15, 0.2) is 42.5 Å². The van der Waals surface area contributed by atoms with Crippen LogP contribution in [0.3, 0.4) is 0 Å². The van der Waals surface area contributed by atoms with Gasteiger partial charge in [-0.2, -0.15) is 0 Å². The van der Waals surface area contributed by atoms with Crippen LogP contribution in [0.1, 0.15) is 55.4 Å². The van der Waals surface area contributed by atoms with Gasteiger partial charge in [-0.05, 0) is 55.2 Å². The van der Waals surface area contributed by atoms with Crippen molar-refractivity contribution in [2.75, 3.05) is 20.3 Å². The number of ether oxygens (including phenoxy) is 3. The van der Waals surface area contributed by atoms with Crippen molar-refractivity contribution in [3.05, 3.63) is 59.2 Å². The molecule has 0 amide bonds. The van der Waals surface area contributed by atoms with Crippen molar-refractivity contribution in [1.82, 2.24) is 0 Å². The molecule has 2 aliphatic rings. The van der Waals surface area contributed by atoms with Gasteiger partial charge >= 0.3 is 0 Å². The fraction of sp³-hybridized carbons (Fsp3) is 0.500. The van der Waals surface area contributed by atoms with Crippen LogP contribution in [0.25, 0.3) is 0 Å². The Morgan fingerprint density at radius 3 is 2.48 bits per heavy atom. The van der Waals surface area contributed by atoms with Crippen molar-refractivity contribution in [1.29, 1.82) is 0 Å². The van der Waals surface area contributed by atoms with Crippen LogP contribution in [0, 0.1) is 0 Å². The minimum atomic E-state index is -0.461. The summed E-state index contributed by atoms with van der Waals surface area (Å²) in [6.07, 6.45) is 2.14. The molecule has 3 atom stereocenters. The van der Waals surface area contributed by atoms with Gasteiger partial charge in [-0.3, -0.25) is 0 Å². The SMILES string of the molecule is CCOc1ccc(C2(c3cc(C4CC(O)CC(CO)O4)ccc3OC)CC2)cc1. The zero-order valence-corrected chi connectivity index (χ0v) is 17.1. The van der Waals surface area contributed by atoms with E-state index in [1.165, 1.54) is 5.56 Å². The highest BCUT2D eigenvalue weighted by Gasteiger charge is 2.48. The summed E-state index contributed by atoms with van der Waals surface area (Å²) >= 11 is 0. The third-order valence-electron chi connectivity index (χ3n) is 6.16. The normalized spacial score (nSPS) is 25.4. The molecule has 0 aromatic heterocycles. The lowest BCUT2D eigenvalue weighted by Gasteiger charge is -2.33. The summed E-state index contributed by atoms with van der Waals surface area (Å²) in [5.74, 6) is 1.75. The number of hydrogen-bond donors (Lipinski definition) is 2. The molecule has 3 unspecified atom stereocenters. The molecule has 2 N–H and O–H groups in total. The van der Waals surface area contributed by atoms with Crippen LogP contribution in [0.5, 0.6) is 11.5 Å².